The van der Waals surface area contributed by atoms with Crippen molar-refractivity contribution in [1.29, 1.82) is 0 Å². The lowest BCUT2D eigenvalue weighted by Gasteiger charge is -2.05. The summed E-state index contributed by atoms with van der Waals surface area (Å²) >= 11 is 0. The van der Waals surface area contributed by atoms with E-state index in [0.29, 0.717) is 6.42 Å². The molecule has 0 heterocycles. The van der Waals surface area contributed by atoms with Gasteiger partial charge in [0.05, 0.1) is 5.75 Å². The molecular weight excluding hydrogens is 486 g/mol. The van der Waals surface area contributed by atoms with E-state index in [0.717, 1.165) is 51.4 Å². The largest absolute Gasteiger partial charge is 0.356 e. The quantitative estimate of drug-likeness (QED) is 0.0803. The van der Waals surface area contributed by atoms with Crippen LogP contribution in [0.25, 0.3) is 0 Å². The fraction of sp³-hybridized carbons (Fsp3) is 0.800. The van der Waals surface area contributed by atoms with Crippen molar-refractivity contribution in [3.8, 4) is 23.7 Å². The van der Waals surface area contributed by atoms with Crippen molar-refractivity contribution >= 4 is 21.8 Å². The maximum atomic E-state index is 11.8. The summed E-state index contributed by atoms with van der Waals surface area (Å²) in [5, 5.41) is 2.68. The van der Waals surface area contributed by atoms with E-state index >= 15 is 0 Å². The molecular formula is C30H51NO5S. The molecule has 1 amide bonds. The van der Waals surface area contributed by atoms with Gasteiger partial charge in [0.2, 0.25) is 5.91 Å². The average Bonchev–Trinajstić information content (AvgIpc) is 2.85. The Hall–Kier alpha value is -1.83. The van der Waals surface area contributed by atoms with E-state index in [-0.39, 0.29) is 31.1 Å². The maximum Gasteiger partial charge on any atom is 0.265 e. The minimum absolute atomic E-state index is 0.0785. The maximum absolute atomic E-state index is 11.8. The van der Waals surface area contributed by atoms with Gasteiger partial charge in [0.15, 0.2) is 0 Å². The van der Waals surface area contributed by atoms with Gasteiger partial charge in [0.1, 0.15) is 5.78 Å². The predicted octanol–water partition coefficient (Wildman–Crippen LogP) is 6.78. The number of amides is 1. The zero-order valence-electron chi connectivity index (χ0n) is 23.3. The van der Waals surface area contributed by atoms with Gasteiger partial charge in [-0.2, -0.15) is 8.42 Å². The topological polar surface area (TPSA) is 101 Å². The molecule has 0 aromatic rings. The highest BCUT2D eigenvalue weighted by Gasteiger charge is 2.10. The first-order chi connectivity index (χ1) is 17.8. The normalized spacial score (nSPS) is 10.8. The van der Waals surface area contributed by atoms with Crippen molar-refractivity contribution in [2.75, 3.05) is 12.3 Å². The summed E-state index contributed by atoms with van der Waals surface area (Å²) in [6, 6.07) is 0. The van der Waals surface area contributed by atoms with Crippen molar-refractivity contribution in [1.82, 2.24) is 5.32 Å². The monoisotopic (exact) mass is 537 g/mol. The van der Waals surface area contributed by atoms with E-state index in [1.54, 1.807) is 0 Å². The Labute approximate surface area is 227 Å². The van der Waals surface area contributed by atoms with E-state index in [2.05, 4.69) is 35.9 Å². The first kappa shape index (κ1) is 35.2. The van der Waals surface area contributed by atoms with Gasteiger partial charge in [-0.1, -0.05) is 102 Å². The van der Waals surface area contributed by atoms with Crippen molar-refractivity contribution in [2.24, 2.45) is 0 Å². The number of unbranched alkanes of at least 4 members (excludes halogenated alkanes) is 16. The highest BCUT2D eigenvalue weighted by molar-refractivity contribution is 7.85. The first-order valence-electron chi connectivity index (χ1n) is 14.5. The Morgan fingerprint density at radius 2 is 1.11 bits per heavy atom. The molecule has 2 N–H and O–H groups in total. The van der Waals surface area contributed by atoms with E-state index < -0.39 is 15.9 Å². The average molecular weight is 538 g/mol. The molecule has 0 radical (unpaired) electrons. The fourth-order valence-corrected chi connectivity index (χ4v) is 4.40. The molecule has 0 aliphatic carbocycles. The van der Waals surface area contributed by atoms with E-state index in [1.165, 1.54) is 64.2 Å². The van der Waals surface area contributed by atoms with Crippen molar-refractivity contribution < 1.29 is 22.6 Å². The van der Waals surface area contributed by atoms with Gasteiger partial charge in [0, 0.05) is 38.6 Å². The van der Waals surface area contributed by atoms with Crippen LogP contribution in [0.15, 0.2) is 0 Å². The number of Topliss-reactive ketones (excluding diaryl/α,β-unsaturated/α-hetero) is 1. The minimum Gasteiger partial charge on any atom is -0.356 e. The van der Waals surface area contributed by atoms with Gasteiger partial charge in [0.25, 0.3) is 10.1 Å². The molecule has 6 nitrogen and oxygen atoms in total. The molecule has 0 aliphatic heterocycles. The van der Waals surface area contributed by atoms with Crippen molar-refractivity contribution in [3.05, 3.63) is 0 Å². The van der Waals surface area contributed by atoms with E-state index in [1.807, 2.05) is 0 Å². The van der Waals surface area contributed by atoms with Gasteiger partial charge in [-0.3, -0.25) is 14.1 Å². The molecule has 0 saturated heterocycles. The van der Waals surface area contributed by atoms with Crippen LogP contribution in [-0.4, -0.2) is 37.0 Å². The standard InChI is InChI=1S/C30H51NO5S/c1-2-3-4-5-6-7-8-9-10-11-12-13-14-15-16-17-18-19-20-21-22-23-24-30(33)31-27-25-29(32)26-28-37(34,35)36/h2-12,17-28H2,1H3,(H,31,33)(H,34,35,36). The molecule has 0 fully saturated rings. The third-order valence-electron chi connectivity index (χ3n) is 6.22. The molecule has 212 valence electrons. The highest BCUT2D eigenvalue weighted by Crippen LogP contribution is 2.11. The lowest BCUT2D eigenvalue weighted by molar-refractivity contribution is -0.121. The van der Waals surface area contributed by atoms with Crippen LogP contribution in [0.5, 0.6) is 0 Å². The summed E-state index contributed by atoms with van der Waals surface area (Å²) in [5.74, 6) is 11.3. The molecule has 0 saturated carbocycles. The summed E-state index contributed by atoms with van der Waals surface area (Å²) < 4.78 is 29.8. The van der Waals surface area contributed by atoms with Crippen LogP contribution in [0.3, 0.4) is 0 Å². The number of hydrogen-bond donors (Lipinski definition) is 2. The van der Waals surface area contributed by atoms with Crippen molar-refractivity contribution in [2.45, 2.75) is 142 Å². The first-order valence-corrected chi connectivity index (χ1v) is 16.2. The third kappa shape index (κ3) is 30.3. The summed E-state index contributed by atoms with van der Waals surface area (Å²) in [7, 11) is -4.12. The second kappa shape index (κ2) is 25.8. The van der Waals surface area contributed by atoms with Crippen LogP contribution in [0.1, 0.15) is 142 Å². The molecule has 0 bridgehead atoms. The van der Waals surface area contributed by atoms with E-state index in [4.69, 9.17) is 4.55 Å². The number of rotatable bonds is 24. The Morgan fingerprint density at radius 3 is 1.59 bits per heavy atom. The fourth-order valence-electron chi connectivity index (χ4n) is 3.92. The van der Waals surface area contributed by atoms with Gasteiger partial charge < -0.3 is 5.32 Å². The molecule has 7 heteroatoms. The number of nitrogens with one attached hydrogen (secondary N) is 1. The van der Waals surface area contributed by atoms with E-state index in [9.17, 15) is 18.0 Å². The van der Waals surface area contributed by atoms with Gasteiger partial charge in [-0.15, -0.1) is 0 Å². The van der Waals surface area contributed by atoms with Crippen LogP contribution >= 0.6 is 0 Å². The predicted molar refractivity (Wildman–Crippen MR) is 153 cm³/mol. The summed E-state index contributed by atoms with van der Waals surface area (Å²) in [5.41, 5.74) is 0. The second-order valence-electron chi connectivity index (χ2n) is 9.83. The zero-order chi connectivity index (χ0) is 27.5. The summed E-state index contributed by atoms with van der Waals surface area (Å²) in [6.07, 6.45) is 21.8. The molecule has 37 heavy (non-hydrogen) atoms. The van der Waals surface area contributed by atoms with Crippen LogP contribution in [0.2, 0.25) is 0 Å². The molecule has 0 atom stereocenters. The zero-order valence-corrected chi connectivity index (χ0v) is 24.1. The lowest BCUT2D eigenvalue weighted by Crippen LogP contribution is -2.26. The van der Waals surface area contributed by atoms with Crippen LogP contribution in [0.4, 0.5) is 0 Å². The molecule has 0 aromatic carbocycles. The Bertz CT molecular complexity index is 814. The van der Waals surface area contributed by atoms with Crippen LogP contribution in [0, 0.1) is 23.7 Å². The highest BCUT2D eigenvalue weighted by atomic mass is 32.2. The summed E-state index contributed by atoms with van der Waals surface area (Å²) in [4.78, 5) is 23.3. The number of hydrogen-bond acceptors (Lipinski definition) is 4. The molecule has 0 spiro atoms. The SMILES string of the molecule is CCCCCCCCCCCCC#CC#CCCCCCCCCC(=O)NCCC(=O)CCS(=O)(=O)O. The lowest BCUT2D eigenvalue weighted by atomic mass is 10.1. The van der Waals surface area contributed by atoms with Gasteiger partial charge >= 0.3 is 0 Å². The Kier molecular flexibility index (Phi) is 24.5. The van der Waals surface area contributed by atoms with Crippen molar-refractivity contribution in [3.63, 3.8) is 0 Å². The summed E-state index contributed by atoms with van der Waals surface area (Å²) in [6.45, 7) is 2.46. The Morgan fingerprint density at radius 1 is 0.649 bits per heavy atom. The molecule has 0 unspecified atom stereocenters. The van der Waals surface area contributed by atoms with Gasteiger partial charge in [-0.25, -0.2) is 0 Å². The molecule has 0 aliphatic rings. The number of carbonyl (C=O) groups is 2. The number of carbonyl (C=O) groups excluding carboxylic acids is 2. The van der Waals surface area contributed by atoms with Gasteiger partial charge in [-0.05, 0) is 31.1 Å². The molecule has 0 rings (SSSR count). The second-order valence-corrected chi connectivity index (χ2v) is 11.4. The smallest absolute Gasteiger partial charge is 0.265 e. The minimum atomic E-state index is -4.12. The van der Waals surface area contributed by atoms with Crippen LogP contribution in [-0.2, 0) is 19.7 Å². The molecule has 0 aromatic heterocycles. The number of ketones is 1. The third-order valence-corrected chi connectivity index (χ3v) is 6.94. The Balaban J connectivity index is 3.43. The van der Waals surface area contributed by atoms with Crippen LogP contribution < -0.4 is 5.32 Å².